The molecule has 2 nitrogen and oxygen atoms in total. The number of aryl methyl sites for hydroxylation is 1. The molecule has 42 valence electrons. The zero-order valence-corrected chi connectivity index (χ0v) is 4.83. The van der Waals surface area contributed by atoms with Gasteiger partial charge in [-0.05, 0) is 6.07 Å². The fourth-order valence-corrected chi connectivity index (χ4v) is 0.611. The van der Waals surface area contributed by atoms with E-state index >= 15 is 0 Å². The van der Waals surface area contributed by atoms with E-state index in [-0.39, 0.29) is 0 Å². The normalized spacial score (nSPS) is 9.12. The Balaban J connectivity index is 3.08. The zero-order valence-electron chi connectivity index (χ0n) is 4.83. The fourth-order valence-electron chi connectivity index (χ4n) is 0.611. The van der Waals surface area contributed by atoms with Gasteiger partial charge in [-0.25, -0.2) is 4.57 Å². The van der Waals surface area contributed by atoms with E-state index in [9.17, 15) is 0 Å². The molecule has 0 aliphatic carbocycles. The molecule has 0 atom stereocenters. The molecule has 0 amide bonds. The van der Waals surface area contributed by atoms with Crippen LogP contribution in [0.25, 0.3) is 0 Å². The van der Waals surface area contributed by atoms with Gasteiger partial charge in [-0.15, -0.1) is 0 Å². The highest BCUT2D eigenvalue weighted by Crippen LogP contribution is 1.90. The molecule has 1 rings (SSSR count). The summed E-state index contributed by atoms with van der Waals surface area (Å²) in [5.41, 5.74) is 6.24. The second-order valence-corrected chi connectivity index (χ2v) is 1.80. The van der Waals surface area contributed by atoms with Gasteiger partial charge >= 0.3 is 0 Å². The van der Waals surface area contributed by atoms with Gasteiger partial charge in [0.25, 0.3) is 0 Å². The molecule has 0 aromatic carbocycles. The first-order valence-electron chi connectivity index (χ1n) is 2.50. The summed E-state index contributed by atoms with van der Waals surface area (Å²) in [6.07, 6.45) is 3.80. The molecule has 1 heterocycles. The Bertz CT molecular complexity index is 166. The number of pyridine rings is 1. The van der Waals surface area contributed by atoms with Crippen LogP contribution in [0.1, 0.15) is 0 Å². The molecule has 0 fully saturated rings. The van der Waals surface area contributed by atoms with Gasteiger partial charge in [0.05, 0.1) is 5.69 Å². The highest BCUT2D eigenvalue weighted by atomic mass is 14.9. The van der Waals surface area contributed by atoms with Crippen molar-refractivity contribution in [2.75, 3.05) is 5.73 Å². The summed E-state index contributed by atoms with van der Waals surface area (Å²) in [5.74, 6) is 0. The lowest BCUT2D eigenvalue weighted by Gasteiger charge is -1.85. The molecular formula is C6H9N2+. The highest BCUT2D eigenvalue weighted by molar-refractivity contribution is 5.30. The lowest BCUT2D eigenvalue weighted by atomic mass is 10.4. The SMILES string of the molecule is C[n+]1cccc(N)c1. The van der Waals surface area contributed by atoms with Gasteiger partial charge in [-0.3, -0.25) is 0 Å². The van der Waals surface area contributed by atoms with Gasteiger partial charge in [-0.1, -0.05) is 0 Å². The van der Waals surface area contributed by atoms with Crippen LogP contribution in [0.3, 0.4) is 0 Å². The number of hydrogen-bond acceptors (Lipinski definition) is 1. The molecule has 8 heavy (non-hydrogen) atoms. The summed E-state index contributed by atoms with van der Waals surface area (Å²) in [6.45, 7) is 0. The van der Waals surface area contributed by atoms with Gasteiger partial charge < -0.3 is 5.73 Å². The Morgan fingerprint density at radius 3 is 2.75 bits per heavy atom. The number of nitrogens with zero attached hydrogens (tertiary/aromatic N) is 1. The largest absolute Gasteiger partial charge is 0.394 e. The lowest BCUT2D eigenvalue weighted by molar-refractivity contribution is -0.670. The standard InChI is InChI=1S/C6H9N2/c1-8-4-2-3-6(7)5-8/h2-5H,7H2,1H3/q+1. The van der Waals surface area contributed by atoms with Crippen LogP contribution >= 0.6 is 0 Å². The first kappa shape index (κ1) is 5.09. The van der Waals surface area contributed by atoms with E-state index < -0.39 is 0 Å². The fraction of sp³-hybridized carbons (Fsp3) is 0.167. The Morgan fingerprint density at radius 1 is 1.62 bits per heavy atom. The highest BCUT2D eigenvalue weighted by Gasteiger charge is 1.87. The Hall–Kier alpha value is -1.05. The van der Waals surface area contributed by atoms with Gasteiger partial charge in [0.15, 0.2) is 12.4 Å². The topological polar surface area (TPSA) is 29.9 Å². The van der Waals surface area contributed by atoms with Crippen molar-refractivity contribution in [1.82, 2.24) is 0 Å². The number of anilines is 1. The first-order chi connectivity index (χ1) is 3.79. The van der Waals surface area contributed by atoms with Crippen molar-refractivity contribution in [2.24, 2.45) is 7.05 Å². The molecule has 1 aromatic rings. The van der Waals surface area contributed by atoms with Crippen LogP contribution in [0.15, 0.2) is 24.5 Å². The van der Waals surface area contributed by atoms with Crippen LogP contribution in [0.5, 0.6) is 0 Å². The minimum atomic E-state index is 0.801. The number of aromatic nitrogens is 1. The van der Waals surface area contributed by atoms with Crippen LogP contribution in [-0.4, -0.2) is 0 Å². The summed E-state index contributed by atoms with van der Waals surface area (Å²) < 4.78 is 1.91. The maximum atomic E-state index is 5.44. The summed E-state index contributed by atoms with van der Waals surface area (Å²) in [6, 6.07) is 3.77. The van der Waals surface area contributed by atoms with Crippen LogP contribution in [-0.2, 0) is 7.05 Å². The van der Waals surface area contributed by atoms with Crippen molar-refractivity contribution >= 4 is 5.69 Å². The summed E-state index contributed by atoms with van der Waals surface area (Å²) in [5, 5.41) is 0. The first-order valence-corrected chi connectivity index (χ1v) is 2.50. The van der Waals surface area contributed by atoms with Crippen molar-refractivity contribution in [1.29, 1.82) is 0 Å². The average Bonchev–Trinajstić information content (AvgIpc) is 1.64. The minimum absolute atomic E-state index is 0.801. The van der Waals surface area contributed by atoms with E-state index in [1.807, 2.05) is 36.1 Å². The Labute approximate surface area is 48.6 Å². The Kier molecular flexibility index (Phi) is 1.16. The predicted octanol–water partition coefficient (Wildman–Crippen LogP) is 0.0933. The third-order valence-electron chi connectivity index (χ3n) is 0.963. The molecule has 0 unspecified atom stereocenters. The van der Waals surface area contributed by atoms with E-state index in [1.54, 1.807) is 0 Å². The monoisotopic (exact) mass is 109 g/mol. The molecular weight excluding hydrogens is 100 g/mol. The molecule has 0 saturated heterocycles. The number of nitrogen functional groups attached to an aromatic ring is 1. The number of hydrogen-bond donors (Lipinski definition) is 1. The van der Waals surface area contributed by atoms with Crippen molar-refractivity contribution in [3.8, 4) is 0 Å². The van der Waals surface area contributed by atoms with Gasteiger partial charge in [0.2, 0.25) is 0 Å². The van der Waals surface area contributed by atoms with E-state index in [4.69, 9.17) is 5.73 Å². The second-order valence-electron chi connectivity index (χ2n) is 1.80. The van der Waals surface area contributed by atoms with Crippen molar-refractivity contribution in [2.45, 2.75) is 0 Å². The van der Waals surface area contributed by atoms with Crippen LogP contribution in [0, 0.1) is 0 Å². The molecule has 2 heteroatoms. The quantitative estimate of drug-likeness (QED) is 0.470. The van der Waals surface area contributed by atoms with Gasteiger partial charge in [0, 0.05) is 6.07 Å². The number of rotatable bonds is 0. The van der Waals surface area contributed by atoms with Gasteiger partial charge in [-0.2, -0.15) is 0 Å². The van der Waals surface area contributed by atoms with E-state index in [0.29, 0.717) is 0 Å². The molecule has 0 spiro atoms. The van der Waals surface area contributed by atoms with E-state index in [1.165, 1.54) is 0 Å². The van der Waals surface area contributed by atoms with Gasteiger partial charge in [0.1, 0.15) is 7.05 Å². The summed E-state index contributed by atoms with van der Waals surface area (Å²) in [4.78, 5) is 0. The second kappa shape index (κ2) is 1.82. The molecule has 0 saturated carbocycles. The summed E-state index contributed by atoms with van der Waals surface area (Å²) in [7, 11) is 1.94. The predicted molar refractivity (Wildman–Crippen MR) is 32.0 cm³/mol. The molecule has 0 radical (unpaired) electrons. The maximum Gasteiger partial charge on any atom is 0.191 e. The Morgan fingerprint density at radius 2 is 2.38 bits per heavy atom. The maximum absolute atomic E-state index is 5.44. The smallest absolute Gasteiger partial charge is 0.191 e. The van der Waals surface area contributed by atoms with E-state index in [0.717, 1.165) is 5.69 Å². The number of nitrogens with two attached hydrogens (primary N) is 1. The van der Waals surface area contributed by atoms with Crippen LogP contribution in [0.2, 0.25) is 0 Å². The van der Waals surface area contributed by atoms with E-state index in [2.05, 4.69) is 0 Å². The molecule has 1 aromatic heterocycles. The van der Waals surface area contributed by atoms with Crippen molar-refractivity contribution in [3.05, 3.63) is 24.5 Å². The zero-order chi connectivity index (χ0) is 5.98. The average molecular weight is 109 g/mol. The van der Waals surface area contributed by atoms with Crippen molar-refractivity contribution in [3.63, 3.8) is 0 Å². The minimum Gasteiger partial charge on any atom is -0.394 e. The van der Waals surface area contributed by atoms with Crippen molar-refractivity contribution < 1.29 is 4.57 Å². The lowest BCUT2D eigenvalue weighted by Crippen LogP contribution is -2.26. The molecule has 0 aliphatic heterocycles. The molecule has 0 bridgehead atoms. The molecule has 2 N–H and O–H groups in total. The van der Waals surface area contributed by atoms with Crippen LogP contribution in [0.4, 0.5) is 5.69 Å². The van der Waals surface area contributed by atoms with Crippen LogP contribution < -0.4 is 10.3 Å². The summed E-state index contributed by atoms with van der Waals surface area (Å²) >= 11 is 0. The third-order valence-corrected chi connectivity index (χ3v) is 0.963. The third kappa shape index (κ3) is 0.964. The molecule has 0 aliphatic rings.